The van der Waals surface area contributed by atoms with Crippen LogP contribution in [0.4, 0.5) is 4.39 Å². The molecule has 0 aliphatic rings. The van der Waals surface area contributed by atoms with E-state index in [4.69, 9.17) is 4.74 Å². The third kappa shape index (κ3) is 5.17. The fourth-order valence-electron chi connectivity index (χ4n) is 2.77. The maximum absolute atomic E-state index is 13.2. The highest BCUT2D eigenvalue weighted by Crippen LogP contribution is 2.16. The highest BCUT2D eigenvalue weighted by molar-refractivity contribution is 5.85. The molecule has 1 aromatic heterocycles. The lowest BCUT2D eigenvalue weighted by molar-refractivity contribution is 0.223. The highest BCUT2D eigenvalue weighted by Gasteiger charge is 2.08. The van der Waals surface area contributed by atoms with Crippen LogP contribution in [0.2, 0.25) is 0 Å². The van der Waals surface area contributed by atoms with Crippen LogP contribution in [0, 0.1) is 5.82 Å². The van der Waals surface area contributed by atoms with E-state index >= 15 is 0 Å². The lowest BCUT2D eigenvalue weighted by Crippen LogP contribution is -2.41. The number of rotatable bonds is 6. The lowest BCUT2D eigenvalue weighted by atomic mass is 10.1. The van der Waals surface area contributed by atoms with Crippen molar-refractivity contribution < 1.29 is 9.13 Å². The Morgan fingerprint density at radius 3 is 2.81 bits per heavy atom. The van der Waals surface area contributed by atoms with Gasteiger partial charge in [0.1, 0.15) is 17.7 Å². The SMILES string of the molecule is CN=C(NCc1nccc2ccccc12)NCC(C)Oc1cccc(F)c1. The number of nitrogens with one attached hydrogen (secondary N) is 2. The van der Waals surface area contributed by atoms with Gasteiger partial charge in [-0.3, -0.25) is 9.98 Å². The number of ether oxygens (including phenoxy) is 1. The van der Waals surface area contributed by atoms with Crippen LogP contribution in [0.25, 0.3) is 10.8 Å². The molecule has 0 bridgehead atoms. The summed E-state index contributed by atoms with van der Waals surface area (Å²) in [6.07, 6.45) is 1.66. The molecule has 5 nitrogen and oxygen atoms in total. The number of hydrogen-bond donors (Lipinski definition) is 2. The second-order valence-corrected chi connectivity index (χ2v) is 6.17. The van der Waals surface area contributed by atoms with Gasteiger partial charge in [-0.25, -0.2) is 4.39 Å². The molecule has 0 saturated heterocycles. The zero-order valence-electron chi connectivity index (χ0n) is 15.4. The van der Waals surface area contributed by atoms with Crippen LogP contribution in [0.1, 0.15) is 12.6 Å². The van der Waals surface area contributed by atoms with Crippen LogP contribution in [0.15, 0.2) is 65.8 Å². The molecular formula is C21H23FN4O. The van der Waals surface area contributed by atoms with Gasteiger partial charge in [0.2, 0.25) is 0 Å². The summed E-state index contributed by atoms with van der Waals surface area (Å²) in [5.74, 6) is 0.847. The number of pyridine rings is 1. The van der Waals surface area contributed by atoms with Gasteiger partial charge in [0.05, 0.1) is 18.8 Å². The minimum atomic E-state index is -0.312. The molecule has 140 valence electrons. The molecular weight excluding hydrogens is 343 g/mol. The van der Waals surface area contributed by atoms with Crippen molar-refractivity contribution in [1.29, 1.82) is 0 Å². The third-order valence-electron chi connectivity index (χ3n) is 4.09. The van der Waals surface area contributed by atoms with Gasteiger partial charge >= 0.3 is 0 Å². The van der Waals surface area contributed by atoms with Crippen molar-refractivity contribution in [1.82, 2.24) is 15.6 Å². The van der Waals surface area contributed by atoms with Gasteiger partial charge < -0.3 is 15.4 Å². The first-order valence-corrected chi connectivity index (χ1v) is 8.85. The van der Waals surface area contributed by atoms with Crippen molar-refractivity contribution in [3.63, 3.8) is 0 Å². The van der Waals surface area contributed by atoms with Crippen molar-refractivity contribution in [2.24, 2.45) is 4.99 Å². The fourth-order valence-corrected chi connectivity index (χ4v) is 2.77. The van der Waals surface area contributed by atoms with E-state index in [9.17, 15) is 4.39 Å². The Morgan fingerprint density at radius 2 is 2.00 bits per heavy atom. The number of hydrogen-bond acceptors (Lipinski definition) is 3. The molecule has 1 heterocycles. The Kier molecular flexibility index (Phi) is 6.20. The van der Waals surface area contributed by atoms with E-state index in [1.54, 1.807) is 19.2 Å². The predicted octanol–water partition coefficient (Wildman–Crippen LogP) is 3.51. The summed E-state index contributed by atoms with van der Waals surface area (Å²) in [6, 6.07) is 16.3. The largest absolute Gasteiger partial charge is 0.489 e. The van der Waals surface area contributed by atoms with Crippen molar-refractivity contribution in [3.8, 4) is 5.75 Å². The maximum atomic E-state index is 13.2. The molecule has 1 unspecified atom stereocenters. The first kappa shape index (κ1) is 18.6. The molecule has 2 N–H and O–H groups in total. The average Bonchev–Trinajstić information content (AvgIpc) is 2.68. The standard InChI is InChI=1S/C21H23FN4O/c1-15(27-18-8-5-7-17(22)12-18)13-25-21(23-2)26-14-20-19-9-4-3-6-16(19)10-11-24-20/h3-12,15H,13-14H2,1-2H3,(H2,23,25,26). The van der Waals surface area contributed by atoms with Gasteiger partial charge in [0.15, 0.2) is 5.96 Å². The molecule has 2 aromatic carbocycles. The number of halogens is 1. The van der Waals surface area contributed by atoms with E-state index in [2.05, 4.69) is 32.7 Å². The summed E-state index contributed by atoms with van der Waals surface area (Å²) in [5.41, 5.74) is 0.958. The zero-order chi connectivity index (χ0) is 19.1. The first-order valence-electron chi connectivity index (χ1n) is 8.85. The minimum absolute atomic E-state index is 0.152. The number of nitrogens with zero attached hydrogens (tertiary/aromatic N) is 2. The Balaban J connectivity index is 1.53. The van der Waals surface area contributed by atoms with E-state index in [1.807, 2.05) is 31.3 Å². The smallest absolute Gasteiger partial charge is 0.191 e. The average molecular weight is 366 g/mol. The molecule has 0 amide bonds. The topological polar surface area (TPSA) is 58.5 Å². The normalized spacial score (nSPS) is 12.6. The van der Waals surface area contributed by atoms with Crippen molar-refractivity contribution in [2.75, 3.05) is 13.6 Å². The Bertz CT molecular complexity index is 923. The molecule has 1 atom stereocenters. The third-order valence-corrected chi connectivity index (χ3v) is 4.09. The number of guanidine groups is 1. The van der Waals surface area contributed by atoms with Crippen LogP contribution in [-0.2, 0) is 6.54 Å². The molecule has 27 heavy (non-hydrogen) atoms. The maximum Gasteiger partial charge on any atom is 0.191 e. The first-order chi connectivity index (χ1) is 13.2. The predicted molar refractivity (Wildman–Crippen MR) is 106 cm³/mol. The minimum Gasteiger partial charge on any atom is -0.489 e. The van der Waals surface area contributed by atoms with Gasteiger partial charge in [-0.1, -0.05) is 30.3 Å². The molecule has 0 aliphatic carbocycles. The molecule has 0 spiro atoms. The van der Waals surface area contributed by atoms with Crippen LogP contribution in [0.5, 0.6) is 5.75 Å². The van der Waals surface area contributed by atoms with Crippen LogP contribution < -0.4 is 15.4 Å². The molecule has 0 aliphatic heterocycles. The zero-order valence-corrected chi connectivity index (χ0v) is 15.4. The molecule has 0 saturated carbocycles. The van der Waals surface area contributed by atoms with E-state index in [0.717, 1.165) is 16.5 Å². The summed E-state index contributed by atoms with van der Waals surface area (Å²) in [7, 11) is 1.71. The van der Waals surface area contributed by atoms with E-state index in [0.29, 0.717) is 24.8 Å². The van der Waals surface area contributed by atoms with Crippen LogP contribution in [-0.4, -0.2) is 30.6 Å². The van der Waals surface area contributed by atoms with Gasteiger partial charge in [-0.2, -0.15) is 0 Å². The van der Waals surface area contributed by atoms with E-state index in [-0.39, 0.29) is 11.9 Å². The number of fused-ring (bicyclic) bond motifs is 1. The summed E-state index contributed by atoms with van der Waals surface area (Å²) in [4.78, 5) is 8.69. The summed E-state index contributed by atoms with van der Waals surface area (Å²) in [5, 5.41) is 8.76. The van der Waals surface area contributed by atoms with Crippen LogP contribution >= 0.6 is 0 Å². The van der Waals surface area contributed by atoms with Gasteiger partial charge in [-0.15, -0.1) is 0 Å². The fraction of sp³-hybridized carbons (Fsp3) is 0.238. The van der Waals surface area contributed by atoms with E-state index < -0.39 is 0 Å². The van der Waals surface area contributed by atoms with Crippen molar-refractivity contribution >= 4 is 16.7 Å². The van der Waals surface area contributed by atoms with Crippen molar-refractivity contribution in [3.05, 3.63) is 72.3 Å². The monoisotopic (exact) mass is 366 g/mol. The van der Waals surface area contributed by atoms with E-state index in [1.165, 1.54) is 12.1 Å². The highest BCUT2D eigenvalue weighted by atomic mass is 19.1. The van der Waals surface area contributed by atoms with Gasteiger partial charge in [0.25, 0.3) is 0 Å². The van der Waals surface area contributed by atoms with Crippen LogP contribution in [0.3, 0.4) is 0 Å². The Morgan fingerprint density at radius 1 is 1.15 bits per heavy atom. The second kappa shape index (κ2) is 8.98. The van der Waals surface area contributed by atoms with Crippen molar-refractivity contribution in [2.45, 2.75) is 19.6 Å². The van der Waals surface area contributed by atoms with Gasteiger partial charge in [0, 0.05) is 24.7 Å². The summed E-state index contributed by atoms with van der Waals surface area (Å²) in [6.45, 7) is 3.00. The number of aliphatic imine (C=N–C) groups is 1. The quantitative estimate of drug-likeness (QED) is 0.518. The second-order valence-electron chi connectivity index (χ2n) is 6.17. The summed E-state index contributed by atoms with van der Waals surface area (Å²) >= 11 is 0. The molecule has 0 radical (unpaired) electrons. The Labute approximate surface area is 158 Å². The molecule has 6 heteroatoms. The molecule has 3 aromatic rings. The van der Waals surface area contributed by atoms with Gasteiger partial charge in [-0.05, 0) is 30.5 Å². The lowest BCUT2D eigenvalue weighted by Gasteiger charge is -2.18. The summed E-state index contributed by atoms with van der Waals surface area (Å²) < 4.78 is 18.9. The number of benzene rings is 2. The Hall–Kier alpha value is -3.15. The number of aromatic nitrogens is 1. The molecule has 0 fully saturated rings. The molecule has 3 rings (SSSR count).